The van der Waals surface area contributed by atoms with Crippen LogP contribution >= 0.6 is 0 Å². The summed E-state index contributed by atoms with van der Waals surface area (Å²) in [6.45, 7) is 12.1. The minimum atomic E-state index is 0.158. The lowest BCUT2D eigenvalue weighted by molar-refractivity contribution is 0.424. The van der Waals surface area contributed by atoms with Crippen molar-refractivity contribution < 1.29 is 0 Å². The molecule has 1 aromatic rings. The minimum absolute atomic E-state index is 0.158. The van der Waals surface area contributed by atoms with Gasteiger partial charge in [-0.2, -0.15) is 5.10 Å². The first-order valence-electron chi connectivity index (χ1n) is 5.88. The van der Waals surface area contributed by atoms with Crippen molar-refractivity contribution >= 4 is 0 Å². The van der Waals surface area contributed by atoms with E-state index in [0.717, 1.165) is 25.9 Å². The fourth-order valence-corrected chi connectivity index (χ4v) is 1.38. The Hall–Kier alpha value is -1.09. The largest absolute Gasteiger partial charge is 0.308 e. The highest BCUT2D eigenvalue weighted by Crippen LogP contribution is 2.04. The van der Waals surface area contributed by atoms with Gasteiger partial charge < -0.3 is 5.32 Å². The van der Waals surface area contributed by atoms with Crippen molar-refractivity contribution in [2.45, 2.75) is 52.2 Å². The average molecular weight is 221 g/mol. The second-order valence-corrected chi connectivity index (χ2v) is 5.15. The van der Waals surface area contributed by atoms with Crippen LogP contribution in [0.5, 0.6) is 0 Å². The van der Waals surface area contributed by atoms with Gasteiger partial charge in [0.25, 0.3) is 0 Å². The molecule has 1 heterocycles. The second kappa shape index (κ2) is 5.85. The summed E-state index contributed by atoms with van der Waals surface area (Å²) in [7, 11) is 0. The molecule has 1 rings (SSSR count). The molecular formula is C13H23N3. The second-order valence-electron chi connectivity index (χ2n) is 5.15. The zero-order chi connectivity index (χ0) is 12.0. The number of aromatic nitrogens is 2. The van der Waals surface area contributed by atoms with Crippen molar-refractivity contribution in [3.8, 4) is 0 Å². The zero-order valence-electron chi connectivity index (χ0n) is 10.7. The predicted molar refractivity (Wildman–Crippen MR) is 68.3 cm³/mol. The van der Waals surface area contributed by atoms with Gasteiger partial charge in [0.1, 0.15) is 0 Å². The first-order chi connectivity index (χ1) is 7.51. The Morgan fingerprint density at radius 1 is 1.50 bits per heavy atom. The van der Waals surface area contributed by atoms with Crippen molar-refractivity contribution in [1.29, 1.82) is 0 Å². The number of nitrogens with zero attached hydrogens (tertiary/aromatic N) is 2. The maximum absolute atomic E-state index is 4.33. The lowest BCUT2D eigenvalue weighted by atomic mass is 10.1. The maximum Gasteiger partial charge on any atom is 0.0534 e. The quantitative estimate of drug-likeness (QED) is 0.591. The van der Waals surface area contributed by atoms with Crippen LogP contribution in [0, 0.1) is 0 Å². The third-order valence-electron chi connectivity index (χ3n) is 2.31. The Bertz CT molecular complexity index is 320. The number of hydrogen-bond acceptors (Lipinski definition) is 2. The van der Waals surface area contributed by atoms with Gasteiger partial charge in [0.15, 0.2) is 0 Å². The van der Waals surface area contributed by atoms with E-state index in [-0.39, 0.29) is 5.54 Å². The van der Waals surface area contributed by atoms with Crippen molar-refractivity contribution in [3.05, 3.63) is 30.6 Å². The average Bonchev–Trinajstić information content (AvgIpc) is 2.62. The van der Waals surface area contributed by atoms with Crippen LogP contribution in [-0.4, -0.2) is 15.3 Å². The fraction of sp³-hybridized carbons (Fsp3) is 0.615. The first kappa shape index (κ1) is 13.0. The highest BCUT2D eigenvalue weighted by atomic mass is 15.3. The Balaban J connectivity index is 2.36. The van der Waals surface area contributed by atoms with Crippen LogP contribution < -0.4 is 5.32 Å². The number of hydrogen-bond donors (Lipinski definition) is 1. The van der Waals surface area contributed by atoms with Crippen LogP contribution in [0.2, 0.25) is 0 Å². The van der Waals surface area contributed by atoms with Crippen LogP contribution in [0.1, 0.15) is 39.2 Å². The molecule has 0 spiro atoms. The van der Waals surface area contributed by atoms with Crippen LogP contribution in [-0.2, 0) is 13.1 Å². The number of rotatable bonds is 6. The molecule has 0 aliphatic heterocycles. The number of unbranched alkanes of at least 4 members (excludes halogenated alkanes) is 1. The normalized spacial score (nSPS) is 11.7. The molecule has 16 heavy (non-hydrogen) atoms. The Morgan fingerprint density at radius 2 is 2.25 bits per heavy atom. The SMILES string of the molecule is C=CCCCn1cc(CNC(C)(C)C)cn1. The van der Waals surface area contributed by atoms with E-state index in [4.69, 9.17) is 0 Å². The molecule has 0 atom stereocenters. The smallest absolute Gasteiger partial charge is 0.0534 e. The molecule has 0 aliphatic carbocycles. The summed E-state index contributed by atoms with van der Waals surface area (Å²) in [6.07, 6.45) is 8.16. The van der Waals surface area contributed by atoms with Crippen molar-refractivity contribution in [3.63, 3.8) is 0 Å². The van der Waals surface area contributed by atoms with Crippen LogP contribution in [0.25, 0.3) is 0 Å². The summed E-state index contributed by atoms with van der Waals surface area (Å²) in [5.41, 5.74) is 1.40. The molecule has 3 nitrogen and oxygen atoms in total. The van der Waals surface area contributed by atoms with Crippen molar-refractivity contribution in [2.75, 3.05) is 0 Å². The van der Waals surface area contributed by atoms with E-state index < -0.39 is 0 Å². The molecule has 1 N–H and O–H groups in total. The standard InChI is InChI=1S/C13H23N3/c1-5-6-7-8-16-11-12(10-15-16)9-14-13(2,3)4/h5,10-11,14H,1,6-9H2,2-4H3. The summed E-state index contributed by atoms with van der Waals surface area (Å²) in [6, 6.07) is 0. The van der Waals surface area contributed by atoms with Gasteiger partial charge in [-0.3, -0.25) is 4.68 Å². The highest BCUT2D eigenvalue weighted by Gasteiger charge is 2.08. The Morgan fingerprint density at radius 3 is 2.88 bits per heavy atom. The number of allylic oxidation sites excluding steroid dienone is 1. The molecule has 0 saturated heterocycles. The molecular weight excluding hydrogens is 198 g/mol. The van der Waals surface area contributed by atoms with E-state index in [1.807, 2.05) is 17.0 Å². The van der Waals surface area contributed by atoms with E-state index in [1.54, 1.807) is 0 Å². The summed E-state index contributed by atoms with van der Waals surface area (Å²) < 4.78 is 2.00. The first-order valence-corrected chi connectivity index (χ1v) is 5.88. The van der Waals surface area contributed by atoms with Gasteiger partial charge in [-0.25, -0.2) is 0 Å². The van der Waals surface area contributed by atoms with E-state index >= 15 is 0 Å². The Labute approximate surface area is 98.5 Å². The van der Waals surface area contributed by atoms with E-state index in [1.165, 1.54) is 5.56 Å². The molecule has 1 aromatic heterocycles. The molecule has 0 amide bonds. The molecule has 0 saturated carbocycles. The zero-order valence-corrected chi connectivity index (χ0v) is 10.7. The Kier molecular flexibility index (Phi) is 4.74. The minimum Gasteiger partial charge on any atom is -0.308 e. The van der Waals surface area contributed by atoms with Gasteiger partial charge >= 0.3 is 0 Å². The van der Waals surface area contributed by atoms with Gasteiger partial charge in [0.2, 0.25) is 0 Å². The van der Waals surface area contributed by atoms with E-state index in [2.05, 4.69) is 44.0 Å². The van der Waals surface area contributed by atoms with Crippen molar-refractivity contribution in [2.24, 2.45) is 0 Å². The fourth-order valence-electron chi connectivity index (χ4n) is 1.38. The predicted octanol–water partition coefficient (Wildman–Crippen LogP) is 2.74. The van der Waals surface area contributed by atoms with Gasteiger partial charge in [-0.15, -0.1) is 6.58 Å². The molecule has 0 unspecified atom stereocenters. The summed E-state index contributed by atoms with van der Waals surface area (Å²) in [5.74, 6) is 0. The third kappa shape index (κ3) is 5.12. The highest BCUT2D eigenvalue weighted by molar-refractivity contribution is 5.03. The van der Waals surface area contributed by atoms with E-state index in [0.29, 0.717) is 0 Å². The molecule has 90 valence electrons. The van der Waals surface area contributed by atoms with Gasteiger partial charge in [0.05, 0.1) is 6.20 Å². The monoisotopic (exact) mass is 221 g/mol. The molecule has 0 fully saturated rings. The van der Waals surface area contributed by atoms with E-state index in [9.17, 15) is 0 Å². The summed E-state index contributed by atoms with van der Waals surface area (Å²) >= 11 is 0. The van der Waals surface area contributed by atoms with Crippen molar-refractivity contribution in [1.82, 2.24) is 15.1 Å². The lowest BCUT2D eigenvalue weighted by Crippen LogP contribution is -2.34. The van der Waals surface area contributed by atoms with Crippen LogP contribution in [0.4, 0.5) is 0 Å². The summed E-state index contributed by atoms with van der Waals surface area (Å²) in [5, 5.41) is 7.78. The molecule has 0 aromatic carbocycles. The van der Waals surface area contributed by atoms with Gasteiger partial charge in [0, 0.05) is 30.4 Å². The molecule has 0 radical (unpaired) electrons. The molecule has 0 bridgehead atoms. The van der Waals surface area contributed by atoms with Gasteiger partial charge in [-0.05, 0) is 33.6 Å². The summed E-state index contributed by atoms with van der Waals surface area (Å²) in [4.78, 5) is 0. The molecule has 3 heteroatoms. The van der Waals surface area contributed by atoms with Crippen LogP contribution in [0.15, 0.2) is 25.0 Å². The van der Waals surface area contributed by atoms with Crippen LogP contribution in [0.3, 0.4) is 0 Å². The topological polar surface area (TPSA) is 29.9 Å². The number of nitrogens with one attached hydrogen (secondary N) is 1. The number of aryl methyl sites for hydroxylation is 1. The maximum atomic E-state index is 4.33. The lowest BCUT2D eigenvalue weighted by Gasteiger charge is -2.19. The third-order valence-corrected chi connectivity index (χ3v) is 2.31. The molecule has 0 aliphatic rings. The van der Waals surface area contributed by atoms with Gasteiger partial charge in [-0.1, -0.05) is 6.08 Å².